The highest BCUT2D eigenvalue weighted by Crippen LogP contribution is 2.31. The van der Waals surface area contributed by atoms with E-state index < -0.39 is 0 Å². The molecule has 0 atom stereocenters. The number of pyridine rings is 1. The lowest BCUT2D eigenvalue weighted by Gasteiger charge is -2.38. The Balaban J connectivity index is 1.52. The number of aromatic nitrogens is 1. The normalized spacial score (nSPS) is 13.4. The van der Waals surface area contributed by atoms with Crippen LogP contribution in [0.15, 0.2) is 67.0 Å². The molecule has 0 spiro atoms. The molecule has 1 aliphatic heterocycles. The molecule has 2 heterocycles. The van der Waals surface area contributed by atoms with Crippen molar-refractivity contribution >= 4 is 28.9 Å². The Morgan fingerprint density at radius 1 is 0.971 bits per heavy atom. The van der Waals surface area contributed by atoms with Gasteiger partial charge in [0.15, 0.2) is 0 Å². The zero-order valence-corrected chi connectivity index (χ0v) is 19.5. The van der Waals surface area contributed by atoms with Crippen LogP contribution in [0, 0.1) is 0 Å². The zero-order valence-electron chi connectivity index (χ0n) is 19.5. The Labute approximate surface area is 199 Å². The Kier molecular flexibility index (Phi) is 7.27. The fourth-order valence-electron chi connectivity index (χ4n) is 4.13. The van der Waals surface area contributed by atoms with E-state index in [0.717, 1.165) is 48.9 Å². The Hall–Kier alpha value is -4.07. The second-order valence-electron chi connectivity index (χ2n) is 8.10. The first-order chi connectivity index (χ1) is 16.5. The summed E-state index contributed by atoms with van der Waals surface area (Å²) in [5.41, 5.74) is 3.95. The number of carbonyl (C=O) groups excluding carboxylic acids is 2. The topological polar surface area (TPSA) is 86.8 Å². The molecule has 0 saturated carbocycles. The van der Waals surface area contributed by atoms with E-state index in [-0.39, 0.29) is 11.8 Å². The highest BCUT2D eigenvalue weighted by Gasteiger charge is 2.23. The molecule has 2 N–H and O–H groups in total. The van der Waals surface area contributed by atoms with E-state index in [1.807, 2.05) is 42.5 Å². The molecule has 3 aromatic rings. The number of carbonyl (C=O) groups is 2. The van der Waals surface area contributed by atoms with Gasteiger partial charge in [-0.05, 0) is 42.0 Å². The number of nitrogens with one attached hydrogen (secondary N) is 2. The van der Waals surface area contributed by atoms with Crippen LogP contribution in [0.3, 0.4) is 0 Å². The van der Waals surface area contributed by atoms with Gasteiger partial charge in [0.25, 0.3) is 5.91 Å². The van der Waals surface area contributed by atoms with Crippen LogP contribution in [0.2, 0.25) is 0 Å². The lowest BCUT2D eigenvalue weighted by Crippen LogP contribution is -2.47. The molecule has 1 aliphatic rings. The molecular formula is C26H29N5O3. The van der Waals surface area contributed by atoms with Crippen LogP contribution in [0.1, 0.15) is 22.8 Å². The third-order valence-corrected chi connectivity index (χ3v) is 5.78. The Morgan fingerprint density at radius 2 is 1.71 bits per heavy atom. The number of hydrogen-bond acceptors (Lipinski definition) is 6. The minimum Gasteiger partial charge on any atom is -0.495 e. The first kappa shape index (κ1) is 23.1. The summed E-state index contributed by atoms with van der Waals surface area (Å²) in [5, 5.41) is 5.76. The summed E-state index contributed by atoms with van der Waals surface area (Å²) in [6.07, 6.45) is 3.43. The summed E-state index contributed by atoms with van der Waals surface area (Å²) in [6.45, 7) is 4.92. The van der Waals surface area contributed by atoms with Crippen LogP contribution in [0.4, 0.5) is 17.1 Å². The van der Waals surface area contributed by atoms with Crippen molar-refractivity contribution < 1.29 is 14.3 Å². The molecule has 0 radical (unpaired) electrons. The van der Waals surface area contributed by atoms with Gasteiger partial charge in [-0.15, -0.1) is 0 Å². The molecule has 8 nitrogen and oxygen atoms in total. The maximum Gasteiger partial charge on any atom is 0.253 e. The highest BCUT2D eigenvalue weighted by molar-refractivity contribution is 6.02. The predicted molar refractivity (Wildman–Crippen MR) is 134 cm³/mol. The van der Waals surface area contributed by atoms with Crippen molar-refractivity contribution in [2.45, 2.75) is 13.5 Å². The summed E-state index contributed by atoms with van der Waals surface area (Å²) in [6, 6.07) is 17.2. The maximum atomic E-state index is 13.2. The smallest absolute Gasteiger partial charge is 0.253 e. The van der Waals surface area contributed by atoms with Crippen molar-refractivity contribution in [2.24, 2.45) is 0 Å². The fraction of sp³-hybridized carbons (Fsp3) is 0.269. The highest BCUT2D eigenvalue weighted by atomic mass is 16.5. The third kappa shape index (κ3) is 5.46. The molecule has 34 heavy (non-hydrogen) atoms. The minimum atomic E-state index is -0.196. The van der Waals surface area contributed by atoms with Gasteiger partial charge in [-0.1, -0.05) is 18.2 Å². The predicted octanol–water partition coefficient (Wildman–Crippen LogP) is 3.31. The summed E-state index contributed by atoms with van der Waals surface area (Å²) >= 11 is 0. The second kappa shape index (κ2) is 10.7. The van der Waals surface area contributed by atoms with Crippen LogP contribution >= 0.6 is 0 Å². The van der Waals surface area contributed by atoms with Crippen molar-refractivity contribution in [2.75, 3.05) is 48.4 Å². The Bertz CT molecular complexity index is 1140. The minimum absolute atomic E-state index is 0.181. The van der Waals surface area contributed by atoms with Crippen LogP contribution in [0.5, 0.6) is 5.75 Å². The van der Waals surface area contributed by atoms with Gasteiger partial charge in [0.05, 0.1) is 18.4 Å². The maximum absolute atomic E-state index is 13.2. The molecule has 1 aromatic heterocycles. The van der Waals surface area contributed by atoms with Crippen LogP contribution < -0.4 is 25.2 Å². The van der Waals surface area contributed by atoms with E-state index in [4.69, 9.17) is 4.74 Å². The number of benzene rings is 2. The standard InChI is InChI=1S/C26H29N5O3/c1-19(32)29-21-9-10-23(22(16-21)26(33)28-18-20-6-5-11-27-17-20)30-12-14-31(15-13-30)24-7-3-4-8-25(24)34-2/h3-11,16-17H,12-15,18H2,1-2H3,(H,28,33)(H,29,32). The number of nitrogens with zero attached hydrogens (tertiary/aromatic N) is 3. The van der Waals surface area contributed by atoms with E-state index >= 15 is 0 Å². The molecule has 1 fully saturated rings. The molecule has 0 bridgehead atoms. The number of methoxy groups -OCH3 is 1. The lowest BCUT2D eigenvalue weighted by atomic mass is 10.1. The van der Waals surface area contributed by atoms with Gasteiger partial charge in [-0.25, -0.2) is 0 Å². The molecule has 0 aliphatic carbocycles. The van der Waals surface area contributed by atoms with Gasteiger partial charge < -0.3 is 25.2 Å². The van der Waals surface area contributed by atoms with Gasteiger partial charge in [0, 0.05) is 63.4 Å². The summed E-state index contributed by atoms with van der Waals surface area (Å²) in [4.78, 5) is 33.4. The van der Waals surface area contributed by atoms with E-state index in [1.54, 1.807) is 25.6 Å². The Morgan fingerprint density at radius 3 is 2.38 bits per heavy atom. The molecular weight excluding hydrogens is 430 g/mol. The van der Waals surface area contributed by atoms with Crippen LogP contribution in [-0.4, -0.2) is 50.1 Å². The molecule has 1 saturated heterocycles. The molecule has 4 rings (SSSR count). The monoisotopic (exact) mass is 459 g/mol. The first-order valence-corrected chi connectivity index (χ1v) is 11.3. The van der Waals surface area contributed by atoms with Gasteiger partial charge >= 0.3 is 0 Å². The number of rotatable bonds is 7. The quantitative estimate of drug-likeness (QED) is 0.564. The van der Waals surface area contributed by atoms with Gasteiger partial charge in [0.2, 0.25) is 5.91 Å². The van der Waals surface area contributed by atoms with Crippen LogP contribution in [0.25, 0.3) is 0 Å². The van der Waals surface area contributed by atoms with E-state index in [0.29, 0.717) is 17.8 Å². The lowest BCUT2D eigenvalue weighted by molar-refractivity contribution is -0.114. The number of anilines is 3. The number of amides is 2. The number of piperazine rings is 1. The fourth-order valence-corrected chi connectivity index (χ4v) is 4.13. The van der Waals surface area contributed by atoms with Crippen LogP contribution in [-0.2, 0) is 11.3 Å². The molecule has 2 amide bonds. The molecule has 0 unspecified atom stereocenters. The molecule has 8 heteroatoms. The number of para-hydroxylation sites is 2. The molecule has 2 aromatic carbocycles. The van der Waals surface area contributed by atoms with Gasteiger partial charge in [-0.2, -0.15) is 0 Å². The van der Waals surface area contributed by atoms with Crippen molar-refractivity contribution in [3.05, 3.63) is 78.1 Å². The van der Waals surface area contributed by atoms with Gasteiger partial charge in [-0.3, -0.25) is 14.6 Å². The molecule has 176 valence electrons. The SMILES string of the molecule is COc1ccccc1N1CCN(c2ccc(NC(C)=O)cc2C(=O)NCc2cccnc2)CC1. The van der Waals surface area contributed by atoms with Crippen molar-refractivity contribution in [1.29, 1.82) is 0 Å². The zero-order chi connectivity index (χ0) is 23.9. The number of ether oxygens (including phenoxy) is 1. The van der Waals surface area contributed by atoms with E-state index in [2.05, 4.69) is 31.5 Å². The van der Waals surface area contributed by atoms with Gasteiger partial charge in [0.1, 0.15) is 5.75 Å². The van der Waals surface area contributed by atoms with Crippen molar-refractivity contribution in [3.63, 3.8) is 0 Å². The third-order valence-electron chi connectivity index (χ3n) is 5.78. The summed E-state index contributed by atoms with van der Waals surface area (Å²) in [5.74, 6) is 0.476. The second-order valence-corrected chi connectivity index (χ2v) is 8.10. The summed E-state index contributed by atoms with van der Waals surface area (Å²) < 4.78 is 5.52. The van der Waals surface area contributed by atoms with E-state index in [1.165, 1.54) is 6.92 Å². The average Bonchev–Trinajstić information content (AvgIpc) is 2.87. The average molecular weight is 460 g/mol. The largest absolute Gasteiger partial charge is 0.495 e. The van der Waals surface area contributed by atoms with Crippen molar-refractivity contribution in [1.82, 2.24) is 10.3 Å². The van der Waals surface area contributed by atoms with E-state index in [9.17, 15) is 9.59 Å². The van der Waals surface area contributed by atoms with Crippen molar-refractivity contribution in [3.8, 4) is 5.75 Å². The number of hydrogen-bond donors (Lipinski definition) is 2. The first-order valence-electron chi connectivity index (χ1n) is 11.3. The summed E-state index contributed by atoms with van der Waals surface area (Å²) in [7, 11) is 1.68.